The van der Waals surface area contributed by atoms with Crippen molar-refractivity contribution in [3.8, 4) is 0 Å². The third-order valence-corrected chi connectivity index (χ3v) is 13.8. The Bertz CT molecular complexity index is 2130. The van der Waals surface area contributed by atoms with Crippen molar-refractivity contribution in [2.24, 2.45) is 23.7 Å². The Hall–Kier alpha value is -5.20. The molecule has 0 heteroatoms. The Kier molecular flexibility index (Phi) is 49.9. The van der Waals surface area contributed by atoms with Gasteiger partial charge in [0.25, 0.3) is 0 Å². The highest BCUT2D eigenvalue weighted by Gasteiger charge is 2.06. The smallest absolute Gasteiger partial charge is 0.0285 e. The second-order valence-corrected chi connectivity index (χ2v) is 24.6. The highest BCUT2D eigenvalue weighted by molar-refractivity contribution is 5.33. The Morgan fingerprint density at radius 3 is 0.812 bits per heavy atom. The van der Waals surface area contributed by atoms with Crippen LogP contribution in [0, 0.1) is 23.7 Å². The molecule has 4 atom stereocenters. The van der Waals surface area contributed by atoms with Crippen LogP contribution >= 0.6 is 0 Å². The van der Waals surface area contributed by atoms with Crippen LogP contribution in [0.4, 0.5) is 0 Å². The molecule has 0 saturated heterocycles. The van der Waals surface area contributed by atoms with Crippen LogP contribution in [0.1, 0.15) is 241 Å². The molecular formula is C80H124. The van der Waals surface area contributed by atoms with Gasteiger partial charge in [-0.05, 0) is 199 Å². The molecule has 0 aliphatic carbocycles. The minimum absolute atomic E-state index is 0.769. The number of allylic oxidation sites excluding steroid dienone is 40. The summed E-state index contributed by atoms with van der Waals surface area (Å²) in [7, 11) is 0. The molecule has 0 rings (SSSR count). The first kappa shape index (κ1) is 76.9. The maximum absolute atomic E-state index is 2.41. The SMILES string of the molecule is CC(C)=CCC/C(C)=C/C=C/C(C)=C/C=C/C(C)=C/C=C/C=C(C)/C=C/C=C(C)/C=C/C=C(\C)CCC=C(C)C.CC(C)=CCCC(C)CCCC(C)C/C=C/C(C)=C/C=C/C=C(C)/C=C/CC(C)CCCC(C)CCC=C(C)C. The molecule has 0 aromatic heterocycles. The van der Waals surface area contributed by atoms with Crippen molar-refractivity contribution in [1.82, 2.24) is 0 Å². The van der Waals surface area contributed by atoms with Crippen molar-refractivity contribution in [3.05, 3.63) is 237 Å². The number of rotatable bonds is 38. The van der Waals surface area contributed by atoms with Gasteiger partial charge in [-0.2, -0.15) is 0 Å². The molecule has 0 amide bonds. The van der Waals surface area contributed by atoms with Gasteiger partial charge in [0.1, 0.15) is 0 Å². The molecule has 444 valence electrons. The van der Waals surface area contributed by atoms with Crippen LogP contribution in [0.15, 0.2) is 237 Å². The lowest BCUT2D eigenvalue weighted by molar-refractivity contribution is 0.427. The fourth-order valence-electron chi connectivity index (χ4n) is 8.38. The van der Waals surface area contributed by atoms with Gasteiger partial charge in [0, 0.05) is 0 Å². The Labute approximate surface area is 499 Å². The Morgan fingerprint density at radius 1 is 0.263 bits per heavy atom. The number of hydrogen-bond acceptors (Lipinski definition) is 0. The predicted molar refractivity (Wildman–Crippen MR) is 371 cm³/mol. The maximum Gasteiger partial charge on any atom is -0.0285 e. The molecule has 4 unspecified atom stereocenters. The van der Waals surface area contributed by atoms with E-state index in [9.17, 15) is 0 Å². The van der Waals surface area contributed by atoms with Gasteiger partial charge in [-0.15, -0.1) is 0 Å². The largest absolute Gasteiger partial charge is 0.0859 e. The molecule has 0 spiro atoms. The molecule has 0 aliphatic heterocycles. The van der Waals surface area contributed by atoms with E-state index in [1.807, 2.05) is 0 Å². The average Bonchev–Trinajstić information content (AvgIpc) is 3.36. The average molecular weight is 1090 g/mol. The van der Waals surface area contributed by atoms with Gasteiger partial charge < -0.3 is 0 Å². The third kappa shape index (κ3) is 57.5. The molecule has 0 N–H and O–H groups in total. The Morgan fingerprint density at radius 2 is 0.512 bits per heavy atom. The molecule has 0 heterocycles. The molecule has 0 aliphatic rings. The van der Waals surface area contributed by atoms with E-state index in [1.54, 1.807) is 0 Å². The molecule has 0 nitrogen and oxygen atoms in total. The van der Waals surface area contributed by atoms with E-state index in [0.29, 0.717) is 0 Å². The summed E-state index contributed by atoms with van der Waals surface area (Å²) in [6.45, 7) is 44.3. The summed E-state index contributed by atoms with van der Waals surface area (Å²) in [6.07, 6.45) is 81.8. The molecule has 0 fully saturated rings. The molecule has 80 heavy (non-hydrogen) atoms. The zero-order valence-corrected chi connectivity index (χ0v) is 55.8. The van der Waals surface area contributed by atoms with Crippen LogP contribution < -0.4 is 0 Å². The van der Waals surface area contributed by atoms with Gasteiger partial charge in [-0.25, -0.2) is 0 Å². The third-order valence-electron chi connectivity index (χ3n) is 13.8. The summed E-state index contributed by atoms with van der Waals surface area (Å²) in [6, 6.07) is 0. The standard InChI is InChI=1S/C40H68.C40H56/c2*1-33(2)19-13-23-37(7)27-17-31-39(9)29-15-25-35(5)21-11-12-22-36(6)26-16-30-40(10)32-18-28-38(8)24-14-20-34(3)4/h11-12,15-16,19-22,25-26,37-40H,13-14,17-18,23-24,27-32H2,1-10H3;11-12,15-22,25-32H,13-14,23-24H2,1-10H3/b12-11+,25-15+,26-16+,35-21+,36-22+;12-11+,25-15+,26-16+,31-17+,32-18+,35-21+,36-22+,37-27+,38-28+,39-29+,40-30+. The zero-order valence-electron chi connectivity index (χ0n) is 55.8. The lowest BCUT2D eigenvalue weighted by Gasteiger charge is -2.12. The molecule has 0 bridgehead atoms. The lowest BCUT2D eigenvalue weighted by atomic mass is 9.94. The van der Waals surface area contributed by atoms with Crippen LogP contribution in [0.2, 0.25) is 0 Å². The molecule has 0 aromatic carbocycles. The van der Waals surface area contributed by atoms with Crippen molar-refractivity contribution >= 4 is 0 Å². The van der Waals surface area contributed by atoms with E-state index < -0.39 is 0 Å². The van der Waals surface area contributed by atoms with Crippen LogP contribution in [0.5, 0.6) is 0 Å². The predicted octanol–water partition coefficient (Wildman–Crippen LogP) is 26.6. The maximum atomic E-state index is 2.41. The fraction of sp³-hybridized carbons (Fsp3) is 0.500. The van der Waals surface area contributed by atoms with Crippen LogP contribution in [0.3, 0.4) is 0 Å². The van der Waals surface area contributed by atoms with E-state index in [0.717, 1.165) is 49.4 Å². The van der Waals surface area contributed by atoms with Gasteiger partial charge in [-0.3, -0.25) is 0 Å². The van der Waals surface area contributed by atoms with Crippen molar-refractivity contribution in [2.75, 3.05) is 0 Å². The molecule has 0 aromatic rings. The van der Waals surface area contributed by atoms with E-state index >= 15 is 0 Å². The minimum Gasteiger partial charge on any atom is -0.0859 e. The highest BCUT2D eigenvalue weighted by atomic mass is 14.1. The normalized spacial score (nSPS) is 15.6. The summed E-state index contributed by atoms with van der Waals surface area (Å²) >= 11 is 0. The summed E-state index contributed by atoms with van der Waals surface area (Å²) < 4.78 is 0. The van der Waals surface area contributed by atoms with Gasteiger partial charge in [0.15, 0.2) is 0 Å². The van der Waals surface area contributed by atoms with Crippen LogP contribution in [0.25, 0.3) is 0 Å². The first-order valence-electron chi connectivity index (χ1n) is 31.3. The van der Waals surface area contributed by atoms with E-state index in [1.165, 1.54) is 144 Å². The lowest BCUT2D eigenvalue weighted by Crippen LogP contribution is -1.98. The van der Waals surface area contributed by atoms with Gasteiger partial charge in [0.2, 0.25) is 0 Å². The van der Waals surface area contributed by atoms with Crippen molar-refractivity contribution < 1.29 is 0 Å². The Balaban J connectivity index is 0. The van der Waals surface area contributed by atoms with E-state index in [4.69, 9.17) is 0 Å². The molecule has 0 saturated carbocycles. The van der Waals surface area contributed by atoms with Crippen molar-refractivity contribution in [3.63, 3.8) is 0 Å². The van der Waals surface area contributed by atoms with Crippen LogP contribution in [-0.2, 0) is 0 Å². The van der Waals surface area contributed by atoms with Crippen molar-refractivity contribution in [1.29, 1.82) is 0 Å². The second kappa shape index (κ2) is 51.9. The molecular weight excluding hydrogens is 961 g/mol. The quantitative estimate of drug-likeness (QED) is 0.0427. The summed E-state index contributed by atoms with van der Waals surface area (Å²) in [5.74, 6) is 3.23. The van der Waals surface area contributed by atoms with E-state index in [-0.39, 0.29) is 0 Å². The summed E-state index contributed by atoms with van der Waals surface area (Å²) in [5, 5.41) is 0. The topological polar surface area (TPSA) is 0 Å². The first-order chi connectivity index (χ1) is 38.0. The zero-order chi connectivity index (χ0) is 60.4. The van der Waals surface area contributed by atoms with E-state index in [2.05, 4.69) is 309 Å². The van der Waals surface area contributed by atoms with Crippen molar-refractivity contribution in [2.45, 2.75) is 241 Å². The van der Waals surface area contributed by atoms with Gasteiger partial charge in [-0.1, -0.05) is 303 Å². The molecule has 0 radical (unpaired) electrons. The second-order valence-electron chi connectivity index (χ2n) is 24.6. The first-order valence-corrected chi connectivity index (χ1v) is 31.3. The van der Waals surface area contributed by atoms with Gasteiger partial charge in [0.05, 0.1) is 0 Å². The summed E-state index contributed by atoms with van der Waals surface area (Å²) in [5.41, 5.74) is 16.0. The van der Waals surface area contributed by atoms with Crippen LogP contribution in [-0.4, -0.2) is 0 Å². The monoisotopic (exact) mass is 1080 g/mol. The number of hydrogen-bond donors (Lipinski definition) is 0. The minimum atomic E-state index is 0.769. The highest BCUT2D eigenvalue weighted by Crippen LogP contribution is 2.21. The van der Waals surface area contributed by atoms with Gasteiger partial charge >= 0.3 is 0 Å². The fourth-order valence-corrected chi connectivity index (χ4v) is 8.38. The summed E-state index contributed by atoms with van der Waals surface area (Å²) in [4.78, 5) is 0.